The van der Waals surface area contributed by atoms with Gasteiger partial charge >= 0.3 is 0 Å². The van der Waals surface area contributed by atoms with E-state index in [9.17, 15) is 12.8 Å². The molecule has 0 saturated heterocycles. The lowest BCUT2D eigenvalue weighted by atomic mass is 10.2. The van der Waals surface area contributed by atoms with Crippen molar-refractivity contribution in [2.45, 2.75) is 36.6 Å². The number of halogens is 2. The van der Waals surface area contributed by atoms with Crippen LogP contribution in [0.5, 0.6) is 0 Å². The Morgan fingerprint density at radius 1 is 1.14 bits per heavy atom. The van der Waals surface area contributed by atoms with Crippen LogP contribution in [0.15, 0.2) is 53.8 Å². The molecule has 3 aromatic heterocycles. The monoisotopic (exact) mass is 525 g/mol. The standard InChI is InChI=1S/C24H21ClFN7O2S/c25-17-10-15(6-7-18(17)26)36(34,35)32-13-5-8-19-20(9-13)31-23(30-19)16-11-33(14-3-1-2-4-14)24-21(16)22(27)28-12-29-24/h5-12,14,32H,1-4H2,(H,30,31)(H2,27,28,29). The van der Waals surface area contributed by atoms with Gasteiger partial charge in [-0.3, -0.25) is 4.72 Å². The molecule has 1 fully saturated rings. The molecule has 6 rings (SSSR count). The number of imidazole rings is 1. The molecule has 0 aliphatic heterocycles. The average Bonchev–Trinajstić information content (AvgIpc) is 3.58. The van der Waals surface area contributed by atoms with Gasteiger partial charge in [0, 0.05) is 17.8 Å². The van der Waals surface area contributed by atoms with Crippen molar-refractivity contribution < 1.29 is 12.8 Å². The van der Waals surface area contributed by atoms with Crippen molar-refractivity contribution in [3.8, 4) is 11.4 Å². The van der Waals surface area contributed by atoms with Gasteiger partial charge in [0.1, 0.15) is 29.4 Å². The molecule has 0 spiro atoms. The number of anilines is 2. The van der Waals surface area contributed by atoms with Crippen LogP contribution in [0, 0.1) is 5.82 Å². The molecule has 5 aromatic rings. The molecule has 9 nitrogen and oxygen atoms in total. The third kappa shape index (κ3) is 3.84. The molecule has 0 amide bonds. The van der Waals surface area contributed by atoms with Crippen molar-refractivity contribution in [2.24, 2.45) is 0 Å². The Morgan fingerprint density at radius 2 is 1.94 bits per heavy atom. The fourth-order valence-electron chi connectivity index (χ4n) is 4.81. The summed E-state index contributed by atoms with van der Waals surface area (Å²) < 4.78 is 43.7. The summed E-state index contributed by atoms with van der Waals surface area (Å²) in [6.45, 7) is 0. The third-order valence-corrected chi connectivity index (χ3v) is 8.22. The molecule has 0 unspecified atom stereocenters. The number of sulfonamides is 1. The van der Waals surface area contributed by atoms with Gasteiger partial charge in [0.05, 0.1) is 32.0 Å². The molecule has 1 aliphatic rings. The summed E-state index contributed by atoms with van der Waals surface area (Å²) in [5, 5.41) is 0.462. The van der Waals surface area contributed by atoms with Crippen molar-refractivity contribution in [3.05, 3.63) is 59.8 Å². The van der Waals surface area contributed by atoms with Crippen LogP contribution in [0.3, 0.4) is 0 Å². The van der Waals surface area contributed by atoms with E-state index in [1.54, 1.807) is 18.2 Å². The van der Waals surface area contributed by atoms with Gasteiger partial charge in [-0.2, -0.15) is 0 Å². The van der Waals surface area contributed by atoms with E-state index in [4.69, 9.17) is 22.3 Å². The molecule has 1 aliphatic carbocycles. The number of nitrogens with zero attached hydrogens (tertiary/aromatic N) is 4. The zero-order valence-electron chi connectivity index (χ0n) is 18.9. The topological polar surface area (TPSA) is 132 Å². The second kappa shape index (κ2) is 8.45. The fraction of sp³-hybridized carbons (Fsp3) is 0.208. The third-order valence-electron chi connectivity index (χ3n) is 6.55. The van der Waals surface area contributed by atoms with Gasteiger partial charge in [-0.05, 0) is 49.2 Å². The minimum atomic E-state index is -3.98. The van der Waals surface area contributed by atoms with Gasteiger partial charge in [0.2, 0.25) is 0 Å². The van der Waals surface area contributed by atoms with E-state index in [1.165, 1.54) is 19.2 Å². The molecule has 36 heavy (non-hydrogen) atoms. The van der Waals surface area contributed by atoms with Crippen LogP contribution in [-0.2, 0) is 10.0 Å². The molecule has 2 aromatic carbocycles. The number of rotatable bonds is 5. The van der Waals surface area contributed by atoms with Crippen molar-refractivity contribution in [1.82, 2.24) is 24.5 Å². The van der Waals surface area contributed by atoms with Gasteiger partial charge in [0.15, 0.2) is 0 Å². The van der Waals surface area contributed by atoms with E-state index in [2.05, 4.69) is 24.2 Å². The molecule has 184 valence electrons. The molecule has 1 saturated carbocycles. The van der Waals surface area contributed by atoms with Crippen molar-refractivity contribution >= 4 is 55.2 Å². The minimum Gasteiger partial charge on any atom is -0.383 e. The number of nitrogens with two attached hydrogens (primary N) is 1. The van der Waals surface area contributed by atoms with Gasteiger partial charge in [-0.15, -0.1) is 0 Å². The predicted molar refractivity (Wildman–Crippen MR) is 137 cm³/mol. The number of aromatic nitrogens is 5. The van der Waals surface area contributed by atoms with E-state index < -0.39 is 15.8 Å². The second-order valence-corrected chi connectivity index (χ2v) is 10.9. The first kappa shape index (κ1) is 22.7. The lowest BCUT2D eigenvalue weighted by molar-refractivity contribution is 0.532. The average molecular weight is 526 g/mol. The van der Waals surface area contributed by atoms with Gasteiger partial charge in [0.25, 0.3) is 10.0 Å². The highest BCUT2D eigenvalue weighted by Gasteiger charge is 2.24. The van der Waals surface area contributed by atoms with Gasteiger partial charge in [-0.1, -0.05) is 24.4 Å². The molecule has 4 N–H and O–H groups in total. The second-order valence-electron chi connectivity index (χ2n) is 8.84. The fourth-order valence-corrected chi connectivity index (χ4v) is 6.13. The first-order valence-electron chi connectivity index (χ1n) is 11.4. The lowest BCUT2D eigenvalue weighted by Crippen LogP contribution is -2.13. The smallest absolute Gasteiger partial charge is 0.261 e. The summed E-state index contributed by atoms with van der Waals surface area (Å²) in [6, 6.07) is 8.54. The van der Waals surface area contributed by atoms with Crippen LogP contribution in [0.1, 0.15) is 31.7 Å². The lowest BCUT2D eigenvalue weighted by Gasteiger charge is -2.12. The van der Waals surface area contributed by atoms with E-state index >= 15 is 0 Å². The SMILES string of the molecule is Nc1ncnc2c1c(-c1nc3ccc(NS(=O)(=O)c4ccc(F)c(Cl)c4)cc3[nH]1)cn2C1CCCC1. The van der Waals surface area contributed by atoms with Crippen molar-refractivity contribution in [1.29, 1.82) is 0 Å². The van der Waals surface area contributed by atoms with Crippen LogP contribution < -0.4 is 10.5 Å². The Morgan fingerprint density at radius 3 is 2.72 bits per heavy atom. The van der Waals surface area contributed by atoms with Crippen LogP contribution in [0.25, 0.3) is 33.5 Å². The predicted octanol–water partition coefficient (Wildman–Crippen LogP) is 5.27. The highest BCUT2D eigenvalue weighted by molar-refractivity contribution is 7.92. The number of hydrogen-bond acceptors (Lipinski definition) is 6. The number of H-pyrrole nitrogens is 1. The Balaban J connectivity index is 1.39. The minimum absolute atomic E-state index is 0.144. The summed E-state index contributed by atoms with van der Waals surface area (Å²) in [5.74, 6) is 0.263. The normalized spacial score (nSPS) is 14.7. The maximum atomic E-state index is 13.5. The molecule has 0 atom stereocenters. The summed E-state index contributed by atoms with van der Waals surface area (Å²) in [7, 11) is -3.98. The van der Waals surface area contributed by atoms with Crippen molar-refractivity contribution in [2.75, 3.05) is 10.5 Å². The summed E-state index contributed by atoms with van der Waals surface area (Å²) in [4.78, 5) is 16.5. The Labute approximate surface area is 210 Å². The maximum absolute atomic E-state index is 13.5. The number of fused-ring (bicyclic) bond motifs is 2. The van der Waals surface area contributed by atoms with E-state index in [1.807, 2.05) is 6.20 Å². The van der Waals surface area contributed by atoms with Crippen LogP contribution in [0.4, 0.5) is 15.9 Å². The maximum Gasteiger partial charge on any atom is 0.261 e. The first-order valence-corrected chi connectivity index (χ1v) is 13.3. The largest absolute Gasteiger partial charge is 0.383 e. The molecular formula is C24H21ClFN7O2S. The number of nitrogen functional groups attached to an aromatic ring is 1. The van der Waals surface area contributed by atoms with Crippen LogP contribution >= 0.6 is 11.6 Å². The summed E-state index contributed by atoms with van der Waals surface area (Å²) >= 11 is 5.76. The number of nitrogens with one attached hydrogen (secondary N) is 2. The Kier molecular flexibility index (Phi) is 5.34. The van der Waals surface area contributed by atoms with Gasteiger partial charge in [-0.25, -0.2) is 27.8 Å². The first-order chi connectivity index (χ1) is 17.3. The number of benzene rings is 2. The van der Waals surface area contributed by atoms with Gasteiger partial charge < -0.3 is 15.3 Å². The highest BCUT2D eigenvalue weighted by Crippen LogP contribution is 2.38. The zero-order chi connectivity index (χ0) is 25.0. The molecule has 3 heterocycles. The zero-order valence-corrected chi connectivity index (χ0v) is 20.4. The van der Waals surface area contributed by atoms with E-state index in [0.29, 0.717) is 34.4 Å². The Bertz CT molecular complexity index is 1740. The van der Waals surface area contributed by atoms with E-state index in [0.717, 1.165) is 47.6 Å². The highest BCUT2D eigenvalue weighted by atomic mass is 35.5. The quantitative estimate of drug-likeness (QED) is 0.286. The van der Waals surface area contributed by atoms with Crippen LogP contribution in [0.2, 0.25) is 5.02 Å². The number of aromatic amines is 1. The summed E-state index contributed by atoms with van der Waals surface area (Å²) in [5.41, 5.74) is 9.40. The van der Waals surface area contributed by atoms with Crippen LogP contribution in [-0.4, -0.2) is 32.9 Å². The molecule has 0 radical (unpaired) electrons. The number of hydrogen-bond donors (Lipinski definition) is 3. The Hall–Kier alpha value is -3.70. The van der Waals surface area contributed by atoms with E-state index in [-0.39, 0.29) is 9.92 Å². The summed E-state index contributed by atoms with van der Waals surface area (Å²) in [6.07, 6.45) is 8.00. The molecule has 12 heteroatoms. The molecular weight excluding hydrogens is 505 g/mol. The van der Waals surface area contributed by atoms with Crippen molar-refractivity contribution in [3.63, 3.8) is 0 Å². The molecule has 0 bridgehead atoms.